The molecule has 2 rings (SSSR count). The highest BCUT2D eigenvalue weighted by molar-refractivity contribution is 8.08. The molecule has 0 aromatic heterocycles. The molecule has 0 bridgehead atoms. The first-order valence-corrected chi connectivity index (χ1v) is 6.79. The van der Waals surface area contributed by atoms with E-state index in [9.17, 15) is 0 Å². The quantitative estimate of drug-likeness (QED) is 0.547. The van der Waals surface area contributed by atoms with Gasteiger partial charge in [0.05, 0.1) is 0 Å². The first-order chi connectivity index (χ1) is 8.40. The van der Waals surface area contributed by atoms with Crippen molar-refractivity contribution in [2.75, 3.05) is 5.88 Å². The van der Waals surface area contributed by atoms with Gasteiger partial charge in [0.15, 0.2) is 0 Å². The van der Waals surface area contributed by atoms with Crippen LogP contribution in [-0.4, -0.2) is 5.88 Å². The van der Waals surface area contributed by atoms with E-state index in [4.69, 9.17) is 11.6 Å². The van der Waals surface area contributed by atoms with E-state index in [1.165, 1.54) is 15.4 Å². The third-order valence-corrected chi connectivity index (χ3v) is 3.58. The summed E-state index contributed by atoms with van der Waals surface area (Å²) in [6, 6.07) is 20.7. The lowest BCUT2D eigenvalue weighted by molar-refractivity contribution is 1.47. The molecule has 0 radical (unpaired) electrons. The van der Waals surface area contributed by atoms with Crippen LogP contribution in [0.2, 0.25) is 0 Å². The Morgan fingerprint density at radius 2 is 1.53 bits per heavy atom. The highest BCUT2D eigenvalue weighted by Gasteiger charge is 2.02. The molecule has 17 heavy (non-hydrogen) atoms. The summed E-state index contributed by atoms with van der Waals surface area (Å²) >= 11 is 7.57. The molecule has 2 heteroatoms. The second kappa shape index (κ2) is 6.53. The molecule has 0 fully saturated rings. The maximum absolute atomic E-state index is 5.82. The molecule has 0 atom stereocenters. The zero-order valence-electron chi connectivity index (χ0n) is 9.34. The molecule has 0 aliphatic heterocycles. The van der Waals surface area contributed by atoms with Gasteiger partial charge in [0.2, 0.25) is 0 Å². The molecule has 0 saturated heterocycles. The van der Waals surface area contributed by atoms with Crippen molar-refractivity contribution < 1.29 is 0 Å². The van der Waals surface area contributed by atoms with Gasteiger partial charge < -0.3 is 0 Å². The number of benzene rings is 2. The monoisotopic (exact) mass is 260 g/mol. The van der Waals surface area contributed by atoms with Crippen LogP contribution in [0.1, 0.15) is 5.56 Å². The van der Waals surface area contributed by atoms with Crippen molar-refractivity contribution in [3.63, 3.8) is 0 Å². The maximum atomic E-state index is 5.82. The molecule has 0 N–H and O–H groups in total. The molecule has 0 aliphatic rings. The molecular weight excluding hydrogens is 248 g/mol. The van der Waals surface area contributed by atoms with Crippen LogP contribution in [0.25, 0.3) is 4.91 Å². The fourth-order valence-electron chi connectivity index (χ4n) is 1.51. The Balaban J connectivity index is 2.23. The highest BCUT2D eigenvalue weighted by Crippen LogP contribution is 2.33. The average molecular weight is 261 g/mol. The minimum Gasteiger partial charge on any atom is -0.122 e. The van der Waals surface area contributed by atoms with Crippen LogP contribution in [0.4, 0.5) is 0 Å². The summed E-state index contributed by atoms with van der Waals surface area (Å²) in [5.74, 6) is 0.532. The molecular formula is C15H13ClS. The van der Waals surface area contributed by atoms with E-state index in [0.717, 1.165) is 0 Å². The van der Waals surface area contributed by atoms with Gasteiger partial charge in [-0.3, -0.25) is 0 Å². The van der Waals surface area contributed by atoms with E-state index in [1.54, 1.807) is 11.8 Å². The van der Waals surface area contributed by atoms with E-state index >= 15 is 0 Å². The van der Waals surface area contributed by atoms with Crippen LogP contribution in [0.5, 0.6) is 0 Å². The van der Waals surface area contributed by atoms with Crippen molar-refractivity contribution in [3.05, 3.63) is 72.3 Å². The minimum absolute atomic E-state index is 0.532. The lowest BCUT2D eigenvalue weighted by Gasteiger charge is -2.07. The topological polar surface area (TPSA) is 0 Å². The van der Waals surface area contributed by atoms with E-state index in [1.807, 2.05) is 36.4 Å². The Morgan fingerprint density at radius 3 is 2.12 bits per heavy atom. The van der Waals surface area contributed by atoms with Crippen LogP contribution >= 0.6 is 23.4 Å². The Morgan fingerprint density at radius 1 is 0.941 bits per heavy atom. The average Bonchev–Trinajstić information content (AvgIpc) is 2.40. The second-order valence-electron chi connectivity index (χ2n) is 3.50. The van der Waals surface area contributed by atoms with E-state index in [2.05, 4.69) is 30.3 Å². The molecule has 0 unspecified atom stereocenters. The summed E-state index contributed by atoms with van der Waals surface area (Å²) in [6.45, 7) is 0. The van der Waals surface area contributed by atoms with Crippen LogP contribution in [0.15, 0.2) is 71.6 Å². The molecule has 2 aromatic rings. The first kappa shape index (κ1) is 12.3. The first-order valence-electron chi connectivity index (χ1n) is 5.44. The lowest BCUT2D eigenvalue weighted by Crippen LogP contribution is -1.81. The summed E-state index contributed by atoms with van der Waals surface area (Å²) in [5, 5.41) is 0. The summed E-state index contributed by atoms with van der Waals surface area (Å²) < 4.78 is 0. The number of alkyl halides is 1. The fourth-order valence-corrected chi connectivity index (χ4v) is 2.72. The number of rotatable bonds is 4. The van der Waals surface area contributed by atoms with Gasteiger partial charge >= 0.3 is 0 Å². The number of thioether (sulfide) groups is 1. The van der Waals surface area contributed by atoms with Crippen molar-refractivity contribution in [2.24, 2.45) is 0 Å². The predicted octanol–water partition coefficient (Wildman–Crippen LogP) is 5.06. The highest BCUT2D eigenvalue weighted by atomic mass is 35.5. The van der Waals surface area contributed by atoms with Gasteiger partial charge in [0.1, 0.15) is 0 Å². The smallest absolute Gasteiger partial charge is 0.0418 e. The summed E-state index contributed by atoms with van der Waals surface area (Å²) in [4.78, 5) is 2.43. The Hall–Kier alpha value is -1.18. The largest absolute Gasteiger partial charge is 0.122 e. The van der Waals surface area contributed by atoms with Gasteiger partial charge in [-0.1, -0.05) is 66.4 Å². The van der Waals surface area contributed by atoms with Crippen LogP contribution < -0.4 is 0 Å². The number of hydrogen-bond acceptors (Lipinski definition) is 1. The van der Waals surface area contributed by atoms with Gasteiger partial charge in [-0.2, -0.15) is 0 Å². The van der Waals surface area contributed by atoms with Crippen molar-refractivity contribution in [1.82, 2.24) is 0 Å². The zero-order chi connectivity index (χ0) is 11.9. The van der Waals surface area contributed by atoms with Crippen molar-refractivity contribution in [2.45, 2.75) is 4.90 Å². The normalized spacial score (nSPS) is 11.5. The second-order valence-corrected chi connectivity index (χ2v) is 4.93. The van der Waals surface area contributed by atoms with Crippen molar-refractivity contribution in [1.29, 1.82) is 0 Å². The van der Waals surface area contributed by atoms with Gasteiger partial charge in [0, 0.05) is 15.7 Å². The maximum Gasteiger partial charge on any atom is 0.0418 e. The molecule has 0 spiro atoms. The standard InChI is InChI=1S/C15H13ClS/c16-12-11-15(13-7-3-1-4-8-13)17-14-9-5-2-6-10-14/h1-11H,12H2/b15-11-. The predicted molar refractivity (Wildman–Crippen MR) is 77.4 cm³/mol. The third-order valence-electron chi connectivity index (χ3n) is 2.29. The molecule has 2 aromatic carbocycles. The summed E-state index contributed by atoms with van der Waals surface area (Å²) in [5.41, 5.74) is 1.21. The number of hydrogen-bond donors (Lipinski definition) is 0. The van der Waals surface area contributed by atoms with Crippen LogP contribution in [-0.2, 0) is 0 Å². The van der Waals surface area contributed by atoms with Crippen molar-refractivity contribution in [3.8, 4) is 0 Å². The zero-order valence-corrected chi connectivity index (χ0v) is 10.9. The van der Waals surface area contributed by atoms with Gasteiger partial charge in [-0.25, -0.2) is 0 Å². The molecule has 0 heterocycles. The Bertz CT molecular complexity index is 477. The molecule has 0 saturated carbocycles. The van der Waals surface area contributed by atoms with Crippen LogP contribution in [0, 0.1) is 0 Å². The lowest BCUT2D eigenvalue weighted by atomic mass is 10.2. The van der Waals surface area contributed by atoms with Crippen molar-refractivity contribution >= 4 is 28.3 Å². The molecule has 86 valence electrons. The van der Waals surface area contributed by atoms with E-state index in [-0.39, 0.29) is 0 Å². The molecule has 0 aliphatic carbocycles. The van der Waals surface area contributed by atoms with Gasteiger partial charge in [0.25, 0.3) is 0 Å². The summed E-state index contributed by atoms with van der Waals surface area (Å²) in [7, 11) is 0. The van der Waals surface area contributed by atoms with Crippen LogP contribution in [0.3, 0.4) is 0 Å². The molecule has 0 nitrogen and oxygen atoms in total. The number of allylic oxidation sites excluding steroid dienone is 1. The Labute approximate surface area is 111 Å². The summed E-state index contributed by atoms with van der Waals surface area (Å²) in [6.07, 6.45) is 2.05. The third kappa shape index (κ3) is 3.65. The Kier molecular flexibility index (Phi) is 4.72. The minimum atomic E-state index is 0.532. The van der Waals surface area contributed by atoms with E-state index < -0.39 is 0 Å². The van der Waals surface area contributed by atoms with Gasteiger partial charge in [-0.05, 0) is 17.7 Å². The van der Waals surface area contributed by atoms with Gasteiger partial charge in [-0.15, -0.1) is 11.6 Å². The van der Waals surface area contributed by atoms with E-state index in [0.29, 0.717) is 5.88 Å². The number of halogens is 1. The SMILES string of the molecule is ClC/C=C(\Sc1ccccc1)c1ccccc1. The molecule has 0 amide bonds. The fraction of sp³-hybridized carbons (Fsp3) is 0.0667.